The molecule has 288 valence electrons. The van der Waals surface area contributed by atoms with Crippen LogP contribution in [0.5, 0.6) is 0 Å². The van der Waals surface area contributed by atoms with Gasteiger partial charge in [-0.3, -0.25) is 14.7 Å². The third-order valence-electron chi connectivity index (χ3n) is 8.47. The van der Waals surface area contributed by atoms with Crippen LogP contribution in [0.2, 0.25) is 0 Å². The number of aliphatic hydroxyl groups excluding tert-OH is 1. The number of nitrogens with one attached hydrogen (secondary N) is 1. The maximum atomic E-state index is 15.1. The summed E-state index contributed by atoms with van der Waals surface area (Å²) in [5.74, 6) is -41.3. The molecule has 19 heteroatoms. The molecule has 7 nitrogen and oxygen atoms in total. The standard InChI is InChI=1S/C34H29F12N3O4/c35-29(36)31(39,40)33(43,44)34(45,46)32(41,42)30(37,38)26(50)25(28(52)53)48-24(20-12-5-2-6-13-20)21-14-7-8-15-22(21)47-27(51)23-16-9-17-49(23)18-19-10-3-1-4-11-19/h1-8,10-15,23,25-26,29,50H,9,16-18H2,(H,47,51)(H,52,53)/t23-,25-,26+/m0/s1. The number of aliphatic carboxylic acids is 1. The van der Waals surface area contributed by atoms with E-state index in [2.05, 4.69) is 10.3 Å². The number of hydrogen-bond donors (Lipinski definition) is 3. The number of likely N-dealkylation sites (tertiary alicyclic amines) is 1. The number of hydrogen-bond acceptors (Lipinski definition) is 5. The number of para-hydroxylation sites is 1. The van der Waals surface area contributed by atoms with Crippen molar-refractivity contribution in [3.05, 3.63) is 102 Å². The summed E-state index contributed by atoms with van der Waals surface area (Å²) < 4.78 is 167. The third-order valence-corrected chi connectivity index (χ3v) is 8.47. The first-order valence-electron chi connectivity index (χ1n) is 15.5. The molecule has 1 aliphatic heterocycles. The molecule has 0 bridgehead atoms. The number of aliphatic imine (C=N–C) groups is 1. The van der Waals surface area contributed by atoms with Crippen molar-refractivity contribution < 1.29 is 72.5 Å². The average Bonchev–Trinajstić information content (AvgIpc) is 3.57. The van der Waals surface area contributed by atoms with Gasteiger partial charge in [-0.15, -0.1) is 0 Å². The van der Waals surface area contributed by atoms with Gasteiger partial charge in [0.1, 0.15) is 0 Å². The van der Waals surface area contributed by atoms with Crippen LogP contribution < -0.4 is 5.32 Å². The molecule has 0 radical (unpaired) electrons. The molecule has 1 amide bonds. The molecule has 1 saturated heterocycles. The Morgan fingerprint density at radius 3 is 1.87 bits per heavy atom. The van der Waals surface area contributed by atoms with Crippen LogP contribution in [-0.2, 0) is 16.1 Å². The molecule has 0 unspecified atom stereocenters. The maximum Gasteiger partial charge on any atom is 0.384 e. The SMILES string of the molecule is O=C(O)[C@@H](N=C(c1ccccc1)c1ccccc1NC(=O)[C@@H]1CCCN1Cc1ccccc1)[C@@H](O)C(F)(F)C(F)(F)C(F)(F)C(F)(F)C(F)(F)C(F)F. The predicted octanol–water partition coefficient (Wildman–Crippen LogP) is 7.38. The Labute approximate surface area is 292 Å². The normalized spacial score (nSPS) is 17.8. The summed E-state index contributed by atoms with van der Waals surface area (Å²) in [4.78, 5) is 31.0. The average molecular weight is 772 g/mol. The van der Waals surface area contributed by atoms with E-state index in [0.717, 1.165) is 11.6 Å². The van der Waals surface area contributed by atoms with E-state index in [1.54, 1.807) is 18.2 Å². The number of carboxylic acid groups (broad SMARTS) is 1. The second kappa shape index (κ2) is 15.4. The monoisotopic (exact) mass is 771 g/mol. The van der Waals surface area contributed by atoms with E-state index in [0.29, 0.717) is 25.9 Å². The number of halogens is 12. The summed E-state index contributed by atoms with van der Waals surface area (Å²) in [6, 6.07) is 16.1. The zero-order chi connectivity index (χ0) is 39.6. The number of carbonyl (C=O) groups is 2. The molecule has 3 aromatic rings. The number of carboxylic acids is 1. The van der Waals surface area contributed by atoms with Gasteiger partial charge in [0.25, 0.3) is 0 Å². The highest BCUT2D eigenvalue weighted by Crippen LogP contribution is 2.59. The third kappa shape index (κ3) is 7.71. The quantitative estimate of drug-likeness (QED) is 0.111. The van der Waals surface area contributed by atoms with E-state index in [-0.39, 0.29) is 16.8 Å². The van der Waals surface area contributed by atoms with Crippen molar-refractivity contribution in [2.24, 2.45) is 4.99 Å². The summed E-state index contributed by atoms with van der Waals surface area (Å²) >= 11 is 0. The largest absolute Gasteiger partial charge is 0.480 e. The lowest BCUT2D eigenvalue weighted by Crippen LogP contribution is -2.71. The Morgan fingerprint density at radius 1 is 0.774 bits per heavy atom. The summed E-state index contributed by atoms with van der Waals surface area (Å²) in [6.45, 7) is 0.895. The van der Waals surface area contributed by atoms with Crippen molar-refractivity contribution in [1.29, 1.82) is 0 Å². The Balaban J connectivity index is 1.76. The number of aliphatic hydroxyl groups is 1. The van der Waals surface area contributed by atoms with Crippen molar-refractivity contribution in [2.75, 3.05) is 11.9 Å². The van der Waals surface area contributed by atoms with Gasteiger partial charge in [0.15, 0.2) is 12.1 Å². The Kier molecular flexibility index (Phi) is 11.9. The van der Waals surface area contributed by atoms with Crippen LogP contribution in [0.15, 0.2) is 89.9 Å². The molecule has 0 aromatic heterocycles. The van der Waals surface area contributed by atoms with Gasteiger partial charge in [-0.2, -0.15) is 43.9 Å². The maximum absolute atomic E-state index is 15.1. The summed E-state index contributed by atoms with van der Waals surface area (Å²) in [5, 5.41) is 22.6. The van der Waals surface area contributed by atoms with Crippen LogP contribution in [0.4, 0.5) is 58.4 Å². The second-order valence-electron chi connectivity index (χ2n) is 12.0. The van der Waals surface area contributed by atoms with Gasteiger partial charge >= 0.3 is 42.0 Å². The minimum atomic E-state index is -8.01. The van der Waals surface area contributed by atoms with Gasteiger partial charge < -0.3 is 15.5 Å². The molecule has 0 saturated carbocycles. The molecule has 3 atom stereocenters. The van der Waals surface area contributed by atoms with E-state index >= 15 is 8.78 Å². The first kappa shape index (κ1) is 41.1. The molecule has 1 fully saturated rings. The summed E-state index contributed by atoms with van der Waals surface area (Å²) in [5.41, 5.74) is -0.496. The number of anilines is 1. The fraction of sp³-hybridized carbons (Fsp3) is 0.382. The Bertz CT molecular complexity index is 1780. The lowest BCUT2D eigenvalue weighted by Gasteiger charge is -2.40. The van der Waals surface area contributed by atoms with Crippen molar-refractivity contribution in [2.45, 2.75) is 73.6 Å². The summed E-state index contributed by atoms with van der Waals surface area (Å²) in [6.07, 6.45) is -9.42. The molecule has 3 aromatic carbocycles. The molecule has 3 N–H and O–H groups in total. The van der Waals surface area contributed by atoms with Gasteiger partial charge in [-0.25, -0.2) is 13.6 Å². The second-order valence-corrected chi connectivity index (χ2v) is 12.0. The Hall–Kier alpha value is -4.65. The van der Waals surface area contributed by atoms with Gasteiger partial charge in [0.2, 0.25) is 5.91 Å². The highest BCUT2D eigenvalue weighted by Gasteiger charge is 2.89. The number of nitrogens with zero attached hydrogens (tertiary/aromatic N) is 2. The summed E-state index contributed by atoms with van der Waals surface area (Å²) in [7, 11) is 0. The van der Waals surface area contributed by atoms with E-state index < -0.39 is 71.8 Å². The molecule has 0 aliphatic carbocycles. The van der Waals surface area contributed by atoms with Gasteiger partial charge in [0, 0.05) is 17.7 Å². The highest BCUT2D eigenvalue weighted by atomic mass is 19.4. The van der Waals surface area contributed by atoms with Crippen LogP contribution in [0.3, 0.4) is 0 Å². The number of benzene rings is 3. The van der Waals surface area contributed by atoms with Crippen molar-refractivity contribution in [3.63, 3.8) is 0 Å². The minimum Gasteiger partial charge on any atom is -0.480 e. The van der Waals surface area contributed by atoms with Crippen LogP contribution in [0.1, 0.15) is 29.5 Å². The van der Waals surface area contributed by atoms with E-state index in [1.165, 1.54) is 48.5 Å². The lowest BCUT2D eigenvalue weighted by atomic mass is 9.89. The van der Waals surface area contributed by atoms with Crippen LogP contribution in [0, 0.1) is 0 Å². The zero-order valence-electron chi connectivity index (χ0n) is 26.9. The van der Waals surface area contributed by atoms with Crippen LogP contribution in [0.25, 0.3) is 0 Å². The number of carbonyl (C=O) groups excluding carboxylic acids is 1. The smallest absolute Gasteiger partial charge is 0.384 e. The number of alkyl halides is 12. The predicted molar refractivity (Wildman–Crippen MR) is 165 cm³/mol. The fourth-order valence-electron chi connectivity index (χ4n) is 5.58. The van der Waals surface area contributed by atoms with Crippen molar-refractivity contribution in [1.82, 2.24) is 4.90 Å². The molecule has 53 heavy (non-hydrogen) atoms. The number of rotatable bonds is 15. The number of amides is 1. The molecule has 1 heterocycles. The van der Waals surface area contributed by atoms with Crippen LogP contribution in [-0.4, -0.2) is 93.5 Å². The highest BCUT2D eigenvalue weighted by molar-refractivity contribution is 6.17. The fourth-order valence-corrected chi connectivity index (χ4v) is 5.58. The van der Waals surface area contributed by atoms with Gasteiger partial charge in [-0.1, -0.05) is 78.9 Å². The van der Waals surface area contributed by atoms with E-state index in [9.17, 15) is 63.7 Å². The molecular formula is C34H29F12N3O4. The first-order valence-corrected chi connectivity index (χ1v) is 15.5. The zero-order valence-corrected chi connectivity index (χ0v) is 26.9. The van der Waals surface area contributed by atoms with E-state index in [1.807, 2.05) is 17.0 Å². The molecule has 0 spiro atoms. The van der Waals surface area contributed by atoms with Crippen molar-refractivity contribution in [3.8, 4) is 0 Å². The van der Waals surface area contributed by atoms with Crippen molar-refractivity contribution >= 4 is 23.3 Å². The topological polar surface area (TPSA) is 102 Å². The first-order chi connectivity index (χ1) is 24.6. The van der Waals surface area contributed by atoms with Gasteiger partial charge in [0.05, 0.1) is 17.4 Å². The molecule has 4 rings (SSSR count). The lowest BCUT2D eigenvalue weighted by molar-refractivity contribution is -0.420. The van der Waals surface area contributed by atoms with E-state index in [4.69, 9.17) is 0 Å². The molecular weight excluding hydrogens is 742 g/mol. The minimum absolute atomic E-state index is 0.164. The molecule has 1 aliphatic rings. The van der Waals surface area contributed by atoms with Crippen LogP contribution >= 0.6 is 0 Å². The Morgan fingerprint density at radius 2 is 1.30 bits per heavy atom. The van der Waals surface area contributed by atoms with Gasteiger partial charge in [-0.05, 0) is 31.0 Å².